The molecule has 3 rings (SSSR count). The van der Waals surface area contributed by atoms with Crippen LogP contribution >= 0.6 is 0 Å². The maximum Gasteiger partial charge on any atom is 0.307 e. The van der Waals surface area contributed by atoms with Crippen LogP contribution in [0, 0.1) is 18.2 Å². The minimum atomic E-state index is -0.458. The van der Waals surface area contributed by atoms with Gasteiger partial charge in [-0.1, -0.05) is 78.7 Å². The zero-order valence-corrected chi connectivity index (χ0v) is 17.0. The standard InChI is InChI=1S/C27H23FO3/c1-2-16-31-27(30)19-25(20-10-5-3-6-11-20)24(22-14-9-15-23(28)17-22)18-26(29)21-12-7-4-8-13-21/h1,3-15,17,24-25H,16,18-19H2/t24-,25+/m1/s1. The zero-order chi connectivity index (χ0) is 22.1. The summed E-state index contributed by atoms with van der Waals surface area (Å²) in [6, 6.07) is 24.6. The van der Waals surface area contributed by atoms with E-state index in [0.29, 0.717) is 11.1 Å². The number of benzene rings is 3. The van der Waals surface area contributed by atoms with Crippen molar-refractivity contribution in [3.8, 4) is 12.3 Å². The first-order valence-corrected chi connectivity index (χ1v) is 10.1. The van der Waals surface area contributed by atoms with Crippen molar-refractivity contribution in [1.29, 1.82) is 0 Å². The Morgan fingerprint density at radius 2 is 1.45 bits per heavy atom. The van der Waals surface area contributed by atoms with Gasteiger partial charge >= 0.3 is 5.97 Å². The molecule has 2 atom stereocenters. The van der Waals surface area contributed by atoms with Crippen molar-refractivity contribution in [3.05, 3.63) is 107 Å². The molecule has 3 aromatic rings. The van der Waals surface area contributed by atoms with Gasteiger partial charge in [0.15, 0.2) is 12.4 Å². The Morgan fingerprint density at radius 1 is 0.839 bits per heavy atom. The smallest absolute Gasteiger partial charge is 0.307 e. The quantitative estimate of drug-likeness (QED) is 0.263. The van der Waals surface area contributed by atoms with Gasteiger partial charge in [-0.15, -0.1) is 6.42 Å². The second kappa shape index (κ2) is 10.9. The van der Waals surface area contributed by atoms with E-state index < -0.39 is 17.7 Å². The molecule has 156 valence electrons. The number of ketones is 1. The molecule has 0 saturated heterocycles. The number of carbonyl (C=O) groups excluding carboxylic acids is 2. The minimum absolute atomic E-state index is 0.0228. The average molecular weight is 414 g/mol. The van der Waals surface area contributed by atoms with Crippen LogP contribution in [0.1, 0.15) is 46.2 Å². The first kappa shape index (κ1) is 22.0. The highest BCUT2D eigenvalue weighted by atomic mass is 19.1. The molecular formula is C27H23FO3. The van der Waals surface area contributed by atoms with Gasteiger partial charge in [-0.2, -0.15) is 0 Å². The molecular weight excluding hydrogens is 391 g/mol. The Hall–Kier alpha value is -3.71. The molecule has 0 bridgehead atoms. The summed E-state index contributed by atoms with van der Waals surface area (Å²) in [6.07, 6.45) is 5.35. The van der Waals surface area contributed by atoms with Gasteiger partial charge in [-0.3, -0.25) is 9.59 Å². The molecule has 3 nitrogen and oxygen atoms in total. The second-order valence-corrected chi connectivity index (χ2v) is 7.24. The Labute approximate surface area is 181 Å². The number of rotatable bonds is 9. The van der Waals surface area contributed by atoms with E-state index in [1.54, 1.807) is 36.4 Å². The molecule has 4 heteroatoms. The summed E-state index contributed by atoms with van der Waals surface area (Å²) in [5.74, 6) is 0.546. The van der Waals surface area contributed by atoms with E-state index in [-0.39, 0.29) is 31.1 Å². The van der Waals surface area contributed by atoms with Crippen molar-refractivity contribution < 1.29 is 18.7 Å². The highest BCUT2D eigenvalue weighted by Crippen LogP contribution is 2.39. The number of Topliss-reactive ketones (excluding diaryl/α,β-unsaturated/α-hetero) is 1. The molecule has 0 aliphatic rings. The van der Waals surface area contributed by atoms with E-state index in [0.717, 1.165) is 5.56 Å². The van der Waals surface area contributed by atoms with Gasteiger partial charge in [0.2, 0.25) is 0 Å². The number of halogens is 1. The molecule has 0 aliphatic carbocycles. The van der Waals surface area contributed by atoms with Crippen LogP contribution in [-0.2, 0) is 9.53 Å². The van der Waals surface area contributed by atoms with Gasteiger partial charge in [0, 0.05) is 17.9 Å². The lowest BCUT2D eigenvalue weighted by atomic mass is 9.76. The monoisotopic (exact) mass is 414 g/mol. The number of carbonyl (C=O) groups is 2. The molecule has 3 aromatic carbocycles. The summed E-state index contributed by atoms with van der Waals surface area (Å²) in [5, 5.41) is 0. The van der Waals surface area contributed by atoms with Gasteiger partial charge < -0.3 is 4.74 Å². The van der Waals surface area contributed by atoms with Crippen LogP contribution in [0.5, 0.6) is 0 Å². The summed E-state index contributed by atoms with van der Waals surface area (Å²) in [5.41, 5.74) is 2.10. The number of esters is 1. The van der Waals surface area contributed by atoms with E-state index in [1.165, 1.54) is 12.1 Å². The van der Waals surface area contributed by atoms with Crippen LogP contribution in [0.3, 0.4) is 0 Å². The predicted molar refractivity (Wildman–Crippen MR) is 118 cm³/mol. The third kappa shape index (κ3) is 6.13. The number of hydrogen-bond donors (Lipinski definition) is 0. The van der Waals surface area contributed by atoms with Crippen molar-refractivity contribution in [2.45, 2.75) is 24.7 Å². The fourth-order valence-electron chi connectivity index (χ4n) is 3.72. The third-order valence-electron chi connectivity index (χ3n) is 5.19. The van der Waals surface area contributed by atoms with Crippen LogP contribution in [0.4, 0.5) is 4.39 Å². The molecule has 0 amide bonds. The van der Waals surface area contributed by atoms with Gasteiger partial charge in [-0.25, -0.2) is 4.39 Å². The zero-order valence-electron chi connectivity index (χ0n) is 17.0. The van der Waals surface area contributed by atoms with Gasteiger partial charge in [0.25, 0.3) is 0 Å². The summed E-state index contributed by atoms with van der Waals surface area (Å²) in [7, 11) is 0. The summed E-state index contributed by atoms with van der Waals surface area (Å²) >= 11 is 0. The highest BCUT2D eigenvalue weighted by molar-refractivity contribution is 5.96. The highest BCUT2D eigenvalue weighted by Gasteiger charge is 2.30. The van der Waals surface area contributed by atoms with Crippen molar-refractivity contribution >= 4 is 11.8 Å². The summed E-state index contributed by atoms with van der Waals surface area (Å²) in [6.45, 7) is -0.117. The Balaban J connectivity index is 2.00. The predicted octanol–water partition coefficient (Wildman–Crippen LogP) is 5.53. The molecule has 0 N–H and O–H groups in total. The van der Waals surface area contributed by atoms with E-state index >= 15 is 0 Å². The molecule has 0 aliphatic heterocycles. The largest absolute Gasteiger partial charge is 0.452 e. The Bertz CT molecular complexity index is 1050. The van der Waals surface area contributed by atoms with E-state index in [1.807, 2.05) is 36.4 Å². The van der Waals surface area contributed by atoms with Crippen LogP contribution in [0.15, 0.2) is 84.9 Å². The molecule has 0 aromatic heterocycles. The van der Waals surface area contributed by atoms with Gasteiger partial charge in [0.1, 0.15) is 5.82 Å². The lowest BCUT2D eigenvalue weighted by molar-refractivity contribution is -0.142. The first-order valence-electron chi connectivity index (χ1n) is 10.1. The van der Waals surface area contributed by atoms with E-state index in [4.69, 9.17) is 11.2 Å². The molecule has 0 radical (unpaired) electrons. The fourth-order valence-corrected chi connectivity index (χ4v) is 3.72. The molecule has 31 heavy (non-hydrogen) atoms. The lowest BCUT2D eigenvalue weighted by Gasteiger charge is -2.27. The van der Waals surface area contributed by atoms with Crippen molar-refractivity contribution in [2.75, 3.05) is 6.61 Å². The average Bonchev–Trinajstić information content (AvgIpc) is 2.81. The second-order valence-electron chi connectivity index (χ2n) is 7.24. The molecule has 0 heterocycles. The van der Waals surface area contributed by atoms with Crippen LogP contribution in [0.2, 0.25) is 0 Å². The van der Waals surface area contributed by atoms with Gasteiger partial charge in [0.05, 0.1) is 6.42 Å². The van der Waals surface area contributed by atoms with E-state index in [2.05, 4.69) is 5.92 Å². The SMILES string of the molecule is C#CCOC(=O)C[C@@H](c1ccccc1)[C@H](CC(=O)c1ccccc1)c1cccc(F)c1. The molecule has 0 spiro atoms. The third-order valence-corrected chi connectivity index (χ3v) is 5.19. The van der Waals surface area contributed by atoms with Crippen molar-refractivity contribution in [2.24, 2.45) is 0 Å². The lowest BCUT2D eigenvalue weighted by Crippen LogP contribution is -2.20. The minimum Gasteiger partial charge on any atom is -0.452 e. The molecule has 0 fully saturated rings. The van der Waals surface area contributed by atoms with Crippen molar-refractivity contribution in [3.63, 3.8) is 0 Å². The number of hydrogen-bond acceptors (Lipinski definition) is 3. The maximum atomic E-state index is 14.1. The maximum absolute atomic E-state index is 14.1. The van der Waals surface area contributed by atoms with Crippen LogP contribution in [-0.4, -0.2) is 18.4 Å². The fraction of sp³-hybridized carbons (Fsp3) is 0.185. The Morgan fingerprint density at radius 3 is 2.10 bits per heavy atom. The van der Waals surface area contributed by atoms with Gasteiger partial charge in [-0.05, 0) is 29.2 Å². The first-order chi connectivity index (χ1) is 15.1. The number of terminal acetylenes is 1. The summed E-state index contributed by atoms with van der Waals surface area (Å²) in [4.78, 5) is 25.5. The normalized spacial score (nSPS) is 12.4. The van der Waals surface area contributed by atoms with Crippen LogP contribution in [0.25, 0.3) is 0 Å². The van der Waals surface area contributed by atoms with E-state index in [9.17, 15) is 14.0 Å². The topological polar surface area (TPSA) is 43.4 Å². The summed E-state index contributed by atoms with van der Waals surface area (Å²) < 4.78 is 19.2. The molecule has 0 saturated carbocycles. The Kier molecular flexibility index (Phi) is 7.73. The number of ether oxygens (including phenoxy) is 1. The van der Waals surface area contributed by atoms with Crippen molar-refractivity contribution in [1.82, 2.24) is 0 Å². The van der Waals surface area contributed by atoms with Crippen LogP contribution < -0.4 is 0 Å². The molecule has 0 unspecified atom stereocenters.